The number of hydrogen-bond acceptors (Lipinski definition) is 7. The van der Waals surface area contributed by atoms with Crippen molar-refractivity contribution in [3.8, 4) is 17.4 Å². The number of hydrogen-bond donors (Lipinski definition) is 3. The molecule has 0 amide bonds. The normalized spacial score (nSPS) is 12.9. The molecule has 7 heteroatoms. The Kier molecular flexibility index (Phi) is 7.94. The van der Waals surface area contributed by atoms with Gasteiger partial charge in [0.15, 0.2) is 0 Å². The Bertz CT molecular complexity index is 832. The van der Waals surface area contributed by atoms with Gasteiger partial charge >= 0.3 is 0 Å². The number of nitrogens with zero attached hydrogens (tertiary/aromatic N) is 2. The zero-order chi connectivity index (χ0) is 20.3. The van der Waals surface area contributed by atoms with E-state index >= 15 is 0 Å². The van der Waals surface area contributed by atoms with E-state index in [4.69, 9.17) is 9.47 Å². The maximum absolute atomic E-state index is 10.1. The lowest BCUT2D eigenvalue weighted by atomic mass is 10.1. The molecule has 3 rings (SSSR count). The van der Waals surface area contributed by atoms with Crippen molar-refractivity contribution in [2.24, 2.45) is 0 Å². The maximum Gasteiger partial charge on any atom is 0.237 e. The summed E-state index contributed by atoms with van der Waals surface area (Å²) in [6.45, 7) is 0.472. The molecule has 0 bridgehead atoms. The van der Waals surface area contributed by atoms with Crippen LogP contribution in [-0.4, -0.2) is 52.1 Å². The van der Waals surface area contributed by atoms with Crippen LogP contribution in [0.25, 0.3) is 0 Å². The standard InChI is InChI=1S/C22H25N3O4/c26-15-18(25-13-19(27)16-28-20-4-2-1-3-5-20)12-17-6-8-21(9-7-17)29-22-14-23-10-11-24-22/h1-11,14,18-19,25-27H,12-13,15-16H2/t18-,19?/m0/s1. The fraction of sp³-hybridized carbons (Fsp3) is 0.273. The summed E-state index contributed by atoms with van der Waals surface area (Å²) in [6, 6.07) is 16.7. The van der Waals surface area contributed by atoms with Gasteiger partial charge in [-0.05, 0) is 36.2 Å². The highest BCUT2D eigenvalue weighted by Crippen LogP contribution is 2.19. The predicted octanol–water partition coefficient (Wildman–Crippen LogP) is 2.20. The van der Waals surface area contributed by atoms with E-state index < -0.39 is 6.10 Å². The SMILES string of the molecule is OC[C@H](Cc1ccc(Oc2cnccn2)cc1)NCC(O)COc1ccccc1. The van der Waals surface area contributed by atoms with Gasteiger partial charge in [0.25, 0.3) is 0 Å². The van der Waals surface area contributed by atoms with E-state index in [1.807, 2.05) is 54.6 Å². The van der Waals surface area contributed by atoms with E-state index in [0.29, 0.717) is 30.3 Å². The minimum atomic E-state index is -0.674. The summed E-state index contributed by atoms with van der Waals surface area (Å²) in [4.78, 5) is 8.03. The number of aliphatic hydroxyl groups excluding tert-OH is 2. The Morgan fingerprint density at radius 2 is 1.76 bits per heavy atom. The smallest absolute Gasteiger partial charge is 0.237 e. The molecule has 1 aromatic heterocycles. The molecule has 29 heavy (non-hydrogen) atoms. The Morgan fingerprint density at radius 1 is 0.966 bits per heavy atom. The first kappa shape index (κ1) is 20.7. The third-order valence-electron chi connectivity index (χ3n) is 4.22. The lowest BCUT2D eigenvalue weighted by Gasteiger charge is -2.19. The molecule has 0 spiro atoms. The van der Waals surface area contributed by atoms with Gasteiger partial charge in [-0.1, -0.05) is 30.3 Å². The third kappa shape index (κ3) is 7.15. The summed E-state index contributed by atoms with van der Waals surface area (Å²) in [7, 11) is 0. The largest absolute Gasteiger partial charge is 0.491 e. The van der Waals surface area contributed by atoms with Crippen molar-refractivity contribution in [3.05, 3.63) is 78.8 Å². The second-order valence-corrected chi connectivity index (χ2v) is 6.56. The van der Waals surface area contributed by atoms with Crippen LogP contribution in [-0.2, 0) is 6.42 Å². The summed E-state index contributed by atoms with van der Waals surface area (Å²) < 4.78 is 11.2. The van der Waals surface area contributed by atoms with Gasteiger partial charge in [0.05, 0.1) is 12.8 Å². The molecule has 1 unspecified atom stereocenters. The quantitative estimate of drug-likeness (QED) is 0.458. The Hall–Kier alpha value is -3.00. The highest BCUT2D eigenvalue weighted by Gasteiger charge is 2.12. The van der Waals surface area contributed by atoms with Crippen molar-refractivity contribution in [2.75, 3.05) is 19.8 Å². The molecule has 0 aliphatic heterocycles. The van der Waals surface area contributed by atoms with E-state index in [1.54, 1.807) is 18.6 Å². The molecule has 0 aliphatic carbocycles. The first-order valence-corrected chi connectivity index (χ1v) is 9.46. The molecular weight excluding hydrogens is 370 g/mol. The van der Waals surface area contributed by atoms with Crippen LogP contribution in [0.15, 0.2) is 73.2 Å². The van der Waals surface area contributed by atoms with Gasteiger partial charge < -0.3 is 25.0 Å². The van der Waals surface area contributed by atoms with Crippen molar-refractivity contribution in [2.45, 2.75) is 18.6 Å². The highest BCUT2D eigenvalue weighted by molar-refractivity contribution is 5.30. The summed E-state index contributed by atoms with van der Waals surface area (Å²) in [5.74, 6) is 1.81. The Labute approximate surface area is 170 Å². The molecule has 2 atom stereocenters. The second kappa shape index (κ2) is 11.1. The number of rotatable bonds is 11. The van der Waals surface area contributed by atoms with Gasteiger partial charge in [0, 0.05) is 25.0 Å². The van der Waals surface area contributed by atoms with Crippen LogP contribution in [0.2, 0.25) is 0 Å². The molecule has 0 saturated carbocycles. The molecule has 2 aromatic carbocycles. The Morgan fingerprint density at radius 3 is 2.45 bits per heavy atom. The second-order valence-electron chi connectivity index (χ2n) is 6.56. The number of benzene rings is 2. The number of aromatic nitrogens is 2. The molecule has 7 nitrogen and oxygen atoms in total. The fourth-order valence-electron chi connectivity index (χ4n) is 2.71. The van der Waals surface area contributed by atoms with Crippen LogP contribution < -0.4 is 14.8 Å². The lowest BCUT2D eigenvalue weighted by molar-refractivity contribution is 0.0997. The zero-order valence-corrected chi connectivity index (χ0v) is 16.0. The molecule has 3 N–H and O–H groups in total. The molecule has 0 aliphatic rings. The minimum Gasteiger partial charge on any atom is -0.491 e. The van der Waals surface area contributed by atoms with Crippen LogP contribution in [0.3, 0.4) is 0 Å². The average Bonchev–Trinajstić information content (AvgIpc) is 2.78. The molecule has 1 heterocycles. The Balaban J connectivity index is 1.43. The van der Waals surface area contributed by atoms with Gasteiger partial charge in [-0.3, -0.25) is 4.98 Å². The van der Waals surface area contributed by atoms with Crippen LogP contribution in [0.4, 0.5) is 0 Å². The first-order chi connectivity index (χ1) is 14.2. The molecule has 3 aromatic rings. The summed E-state index contributed by atoms with van der Waals surface area (Å²) >= 11 is 0. The van der Waals surface area contributed by atoms with Crippen LogP contribution in [0.1, 0.15) is 5.56 Å². The van der Waals surface area contributed by atoms with Crippen LogP contribution in [0.5, 0.6) is 17.4 Å². The van der Waals surface area contributed by atoms with E-state index in [-0.39, 0.29) is 19.3 Å². The van der Waals surface area contributed by atoms with Crippen LogP contribution >= 0.6 is 0 Å². The summed E-state index contributed by atoms with van der Waals surface area (Å²) in [5, 5.41) is 22.9. The van der Waals surface area contributed by atoms with Gasteiger partial charge in [-0.2, -0.15) is 0 Å². The minimum absolute atomic E-state index is 0.0376. The van der Waals surface area contributed by atoms with Gasteiger partial charge in [0.2, 0.25) is 5.88 Å². The van der Waals surface area contributed by atoms with E-state index in [2.05, 4.69) is 15.3 Å². The van der Waals surface area contributed by atoms with Crippen molar-refractivity contribution >= 4 is 0 Å². The molecule has 152 valence electrons. The lowest BCUT2D eigenvalue weighted by Crippen LogP contribution is -2.41. The van der Waals surface area contributed by atoms with E-state index in [0.717, 1.165) is 5.56 Å². The number of ether oxygens (including phenoxy) is 2. The third-order valence-corrected chi connectivity index (χ3v) is 4.22. The van der Waals surface area contributed by atoms with Crippen molar-refractivity contribution in [3.63, 3.8) is 0 Å². The van der Waals surface area contributed by atoms with Crippen molar-refractivity contribution in [1.82, 2.24) is 15.3 Å². The fourth-order valence-corrected chi connectivity index (χ4v) is 2.71. The molecular formula is C22H25N3O4. The van der Waals surface area contributed by atoms with Crippen LogP contribution in [0, 0.1) is 0 Å². The summed E-state index contributed by atoms with van der Waals surface area (Å²) in [6.07, 6.45) is 4.65. The van der Waals surface area contributed by atoms with Gasteiger partial charge in [0.1, 0.15) is 24.2 Å². The topological polar surface area (TPSA) is 96.7 Å². The zero-order valence-electron chi connectivity index (χ0n) is 16.0. The van der Waals surface area contributed by atoms with Gasteiger partial charge in [-0.15, -0.1) is 0 Å². The van der Waals surface area contributed by atoms with Crippen molar-refractivity contribution in [1.29, 1.82) is 0 Å². The van der Waals surface area contributed by atoms with E-state index in [1.165, 1.54) is 0 Å². The molecule has 0 saturated heterocycles. The first-order valence-electron chi connectivity index (χ1n) is 9.46. The van der Waals surface area contributed by atoms with E-state index in [9.17, 15) is 10.2 Å². The molecule has 0 fully saturated rings. The predicted molar refractivity (Wildman–Crippen MR) is 109 cm³/mol. The monoisotopic (exact) mass is 395 g/mol. The highest BCUT2D eigenvalue weighted by atomic mass is 16.5. The number of aliphatic hydroxyl groups is 2. The maximum atomic E-state index is 10.1. The van der Waals surface area contributed by atoms with Crippen molar-refractivity contribution < 1.29 is 19.7 Å². The average molecular weight is 395 g/mol. The van der Waals surface area contributed by atoms with Gasteiger partial charge in [-0.25, -0.2) is 4.98 Å². The number of para-hydroxylation sites is 1. The molecule has 0 radical (unpaired) electrons. The number of nitrogens with one attached hydrogen (secondary N) is 1. The summed E-state index contributed by atoms with van der Waals surface area (Å²) in [5.41, 5.74) is 1.04.